The molecule has 0 radical (unpaired) electrons. The van der Waals surface area contributed by atoms with Crippen LogP contribution in [-0.2, 0) is 16.6 Å². The minimum Gasteiger partial charge on any atom is -0.497 e. The molecule has 0 saturated heterocycles. The van der Waals surface area contributed by atoms with Gasteiger partial charge in [-0.05, 0) is 36.1 Å². The predicted octanol–water partition coefficient (Wildman–Crippen LogP) is 3.34. The van der Waals surface area contributed by atoms with Crippen molar-refractivity contribution >= 4 is 17.3 Å². The molecule has 0 bridgehead atoms. The van der Waals surface area contributed by atoms with Gasteiger partial charge in [0.1, 0.15) is 5.75 Å². The average Bonchev–Trinajstić information content (AvgIpc) is 2.91. The topological polar surface area (TPSA) is 46.5 Å². The van der Waals surface area contributed by atoms with Gasteiger partial charge < -0.3 is 9.84 Å². The van der Waals surface area contributed by atoms with E-state index in [4.69, 9.17) is 4.74 Å². The largest absolute Gasteiger partial charge is 0.497 e. The molecule has 1 atom stereocenters. The molecule has 0 spiro atoms. The SMILES string of the molecule is COc1cccc(C(C)(Cc2cccs2)C(=O)O)c1. The minimum atomic E-state index is -0.945. The number of aliphatic carboxylic acids is 1. The van der Waals surface area contributed by atoms with Gasteiger partial charge in [-0.25, -0.2) is 0 Å². The van der Waals surface area contributed by atoms with Crippen LogP contribution in [0.25, 0.3) is 0 Å². The molecule has 1 aromatic carbocycles. The highest BCUT2D eigenvalue weighted by molar-refractivity contribution is 7.09. The van der Waals surface area contributed by atoms with Gasteiger partial charge in [0.05, 0.1) is 12.5 Å². The lowest BCUT2D eigenvalue weighted by Crippen LogP contribution is -2.34. The van der Waals surface area contributed by atoms with Gasteiger partial charge >= 0.3 is 5.97 Å². The molecule has 0 fully saturated rings. The van der Waals surface area contributed by atoms with E-state index in [0.29, 0.717) is 12.2 Å². The molecule has 3 nitrogen and oxygen atoms in total. The van der Waals surface area contributed by atoms with Crippen molar-refractivity contribution in [3.63, 3.8) is 0 Å². The summed E-state index contributed by atoms with van der Waals surface area (Å²) in [6.45, 7) is 1.75. The first-order chi connectivity index (χ1) is 9.06. The molecule has 100 valence electrons. The fourth-order valence-corrected chi connectivity index (χ4v) is 2.89. The number of benzene rings is 1. The maximum Gasteiger partial charge on any atom is 0.314 e. The Labute approximate surface area is 116 Å². The molecule has 1 aromatic heterocycles. The molecule has 0 amide bonds. The van der Waals surface area contributed by atoms with Crippen LogP contribution in [-0.4, -0.2) is 18.2 Å². The first-order valence-electron chi connectivity index (χ1n) is 5.96. The molecule has 4 heteroatoms. The Bertz CT molecular complexity index is 563. The third-order valence-electron chi connectivity index (χ3n) is 3.29. The second kappa shape index (κ2) is 5.45. The van der Waals surface area contributed by atoms with E-state index in [0.717, 1.165) is 10.4 Å². The van der Waals surface area contributed by atoms with Gasteiger partial charge in [-0.2, -0.15) is 0 Å². The van der Waals surface area contributed by atoms with Crippen molar-refractivity contribution in [3.05, 3.63) is 52.2 Å². The van der Waals surface area contributed by atoms with Crippen LogP contribution in [0.1, 0.15) is 17.4 Å². The normalized spacial score (nSPS) is 13.8. The third-order valence-corrected chi connectivity index (χ3v) is 4.16. The van der Waals surface area contributed by atoms with Gasteiger partial charge in [-0.1, -0.05) is 18.2 Å². The molecule has 0 aliphatic heterocycles. The highest BCUT2D eigenvalue weighted by atomic mass is 32.1. The van der Waals surface area contributed by atoms with Crippen LogP contribution in [0, 0.1) is 0 Å². The summed E-state index contributed by atoms with van der Waals surface area (Å²) in [5.41, 5.74) is -0.188. The number of rotatable bonds is 5. The number of carbonyl (C=O) groups is 1. The van der Waals surface area contributed by atoms with Gasteiger partial charge in [0.25, 0.3) is 0 Å². The summed E-state index contributed by atoms with van der Waals surface area (Å²) in [5, 5.41) is 11.6. The summed E-state index contributed by atoms with van der Waals surface area (Å²) in [7, 11) is 1.58. The maximum atomic E-state index is 11.7. The molecule has 2 aromatic rings. The van der Waals surface area contributed by atoms with Crippen LogP contribution >= 0.6 is 11.3 Å². The van der Waals surface area contributed by atoms with Gasteiger partial charge in [0, 0.05) is 11.3 Å². The van der Waals surface area contributed by atoms with E-state index in [1.54, 1.807) is 31.4 Å². The highest BCUT2D eigenvalue weighted by Crippen LogP contribution is 2.32. The van der Waals surface area contributed by atoms with E-state index in [9.17, 15) is 9.90 Å². The molecule has 0 saturated carbocycles. The monoisotopic (exact) mass is 276 g/mol. The first kappa shape index (κ1) is 13.6. The second-order valence-electron chi connectivity index (χ2n) is 4.63. The summed E-state index contributed by atoms with van der Waals surface area (Å²) in [4.78, 5) is 12.8. The van der Waals surface area contributed by atoms with Crippen molar-refractivity contribution in [1.29, 1.82) is 0 Å². The van der Waals surface area contributed by atoms with E-state index in [2.05, 4.69) is 0 Å². The number of ether oxygens (including phenoxy) is 1. The number of hydrogen-bond donors (Lipinski definition) is 1. The zero-order valence-corrected chi connectivity index (χ0v) is 11.7. The van der Waals surface area contributed by atoms with Crippen LogP contribution in [0.3, 0.4) is 0 Å². The van der Waals surface area contributed by atoms with E-state index < -0.39 is 11.4 Å². The summed E-state index contributed by atoms with van der Waals surface area (Å²) in [5.74, 6) is -0.148. The van der Waals surface area contributed by atoms with Crippen molar-refractivity contribution in [2.24, 2.45) is 0 Å². The van der Waals surface area contributed by atoms with Crippen molar-refractivity contribution in [1.82, 2.24) is 0 Å². The van der Waals surface area contributed by atoms with Crippen LogP contribution in [0.15, 0.2) is 41.8 Å². The fraction of sp³-hybridized carbons (Fsp3) is 0.267. The highest BCUT2D eigenvalue weighted by Gasteiger charge is 2.36. The Kier molecular flexibility index (Phi) is 3.90. The second-order valence-corrected chi connectivity index (χ2v) is 5.66. The molecule has 19 heavy (non-hydrogen) atoms. The van der Waals surface area contributed by atoms with E-state index in [1.807, 2.05) is 35.7 Å². The summed E-state index contributed by atoms with van der Waals surface area (Å²) in [6.07, 6.45) is 0.479. The minimum absolute atomic E-state index is 0.479. The third kappa shape index (κ3) is 2.79. The Balaban J connectivity index is 2.40. The molecule has 1 N–H and O–H groups in total. The summed E-state index contributed by atoms with van der Waals surface area (Å²) in [6, 6.07) is 11.2. The van der Waals surface area contributed by atoms with Gasteiger partial charge in [0.15, 0.2) is 0 Å². The Morgan fingerprint density at radius 2 is 2.16 bits per heavy atom. The maximum absolute atomic E-state index is 11.7. The predicted molar refractivity (Wildman–Crippen MR) is 76.0 cm³/mol. The Hall–Kier alpha value is -1.81. The Morgan fingerprint density at radius 3 is 2.74 bits per heavy atom. The number of hydrogen-bond acceptors (Lipinski definition) is 3. The van der Waals surface area contributed by atoms with E-state index in [1.165, 1.54) is 0 Å². The lowest BCUT2D eigenvalue weighted by atomic mass is 9.79. The van der Waals surface area contributed by atoms with Gasteiger partial charge in [0.2, 0.25) is 0 Å². The van der Waals surface area contributed by atoms with Crippen molar-refractivity contribution in [3.8, 4) is 5.75 Å². The van der Waals surface area contributed by atoms with Crippen LogP contribution in [0.4, 0.5) is 0 Å². The van der Waals surface area contributed by atoms with Crippen LogP contribution in [0.2, 0.25) is 0 Å². The molecule has 0 aliphatic carbocycles. The molecule has 1 heterocycles. The zero-order valence-electron chi connectivity index (χ0n) is 10.9. The lowest BCUT2D eigenvalue weighted by molar-refractivity contribution is -0.143. The van der Waals surface area contributed by atoms with E-state index in [-0.39, 0.29) is 0 Å². The van der Waals surface area contributed by atoms with Crippen LogP contribution in [0.5, 0.6) is 5.75 Å². The standard InChI is InChI=1S/C15H16O3S/c1-15(14(16)17,10-13-7-4-8-19-13)11-5-3-6-12(9-11)18-2/h3-9H,10H2,1-2H3,(H,16,17). The molecule has 0 aliphatic rings. The zero-order chi connectivity index (χ0) is 13.9. The molecule has 1 unspecified atom stereocenters. The molecular formula is C15H16O3S. The van der Waals surface area contributed by atoms with Crippen molar-refractivity contribution < 1.29 is 14.6 Å². The van der Waals surface area contributed by atoms with E-state index >= 15 is 0 Å². The summed E-state index contributed by atoms with van der Waals surface area (Å²) >= 11 is 1.58. The van der Waals surface area contributed by atoms with Crippen LogP contribution < -0.4 is 4.74 Å². The van der Waals surface area contributed by atoms with Gasteiger partial charge in [-0.3, -0.25) is 4.79 Å². The first-order valence-corrected chi connectivity index (χ1v) is 6.84. The number of carboxylic acids is 1. The van der Waals surface area contributed by atoms with Crippen molar-refractivity contribution in [2.45, 2.75) is 18.8 Å². The molecule has 2 rings (SSSR count). The number of carboxylic acid groups (broad SMARTS) is 1. The summed E-state index contributed by atoms with van der Waals surface area (Å²) < 4.78 is 5.17. The lowest BCUT2D eigenvalue weighted by Gasteiger charge is -2.25. The average molecular weight is 276 g/mol. The van der Waals surface area contributed by atoms with Gasteiger partial charge in [-0.15, -0.1) is 11.3 Å². The number of thiophene rings is 1. The smallest absolute Gasteiger partial charge is 0.314 e. The fourth-order valence-electron chi connectivity index (χ4n) is 2.03. The quantitative estimate of drug-likeness (QED) is 0.911. The Morgan fingerprint density at radius 1 is 1.37 bits per heavy atom. The molecular weight excluding hydrogens is 260 g/mol. The van der Waals surface area contributed by atoms with Crippen molar-refractivity contribution in [2.75, 3.05) is 7.11 Å². The number of methoxy groups -OCH3 is 1.